The van der Waals surface area contributed by atoms with Gasteiger partial charge in [0.15, 0.2) is 0 Å². The van der Waals surface area contributed by atoms with Gasteiger partial charge in [0.2, 0.25) is 17.7 Å². The van der Waals surface area contributed by atoms with Crippen LogP contribution >= 0.6 is 0 Å². The molecule has 0 spiro atoms. The van der Waals surface area contributed by atoms with Gasteiger partial charge in [-0.05, 0) is 57.5 Å². The molecule has 1 fully saturated rings. The number of amides is 2. The molecular weight excluding hydrogens is 458 g/mol. The Morgan fingerprint density at radius 1 is 1.36 bits per heavy atom. The van der Waals surface area contributed by atoms with Gasteiger partial charge in [0.25, 0.3) is 5.91 Å². The molecule has 1 saturated carbocycles. The van der Waals surface area contributed by atoms with Crippen molar-refractivity contribution < 1.29 is 14.3 Å². The molecule has 10 nitrogen and oxygen atoms in total. The van der Waals surface area contributed by atoms with Gasteiger partial charge in [0.1, 0.15) is 11.6 Å². The van der Waals surface area contributed by atoms with Gasteiger partial charge in [0, 0.05) is 42.5 Å². The average Bonchev–Trinajstić information content (AvgIpc) is 3.19. The fourth-order valence-corrected chi connectivity index (χ4v) is 4.68. The Hall–Kier alpha value is -3.97. The van der Waals surface area contributed by atoms with Crippen LogP contribution in [0.5, 0.6) is 5.88 Å². The van der Waals surface area contributed by atoms with Crippen LogP contribution in [0.4, 0.5) is 11.6 Å². The topological polar surface area (TPSA) is 123 Å². The van der Waals surface area contributed by atoms with E-state index in [2.05, 4.69) is 20.6 Å². The fraction of sp³-hybridized carbons (Fsp3) is 0.423. The van der Waals surface area contributed by atoms with Crippen LogP contribution in [0.25, 0.3) is 0 Å². The van der Waals surface area contributed by atoms with Crippen molar-refractivity contribution in [1.29, 1.82) is 5.26 Å². The van der Waals surface area contributed by atoms with Crippen LogP contribution in [0, 0.1) is 11.3 Å². The molecule has 2 atom stereocenters. The first-order valence-electron chi connectivity index (χ1n) is 12.0. The average molecular weight is 490 g/mol. The van der Waals surface area contributed by atoms with E-state index in [1.54, 1.807) is 12.1 Å². The highest BCUT2D eigenvalue weighted by Gasteiger charge is 2.35. The van der Waals surface area contributed by atoms with Crippen molar-refractivity contribution in [3.05, 3.63) is 53.2 Å². The van der Waals surface area contributed by atoms with Crippen LogP contribution < -0.4 is 15.4 Å². The monoisotopic (exact) mass is 489 g/mol. The van der Waals surface area contributed by atoms with E-state index in [-0.39, 0.29) is 35.3 Å². The number of hydrogen-bond donors (Lipinski definition) is 2. The van der Waals surface area contributed by atoms with Gasteiger partial charge in [-0.25, -0.2) is 4.98 Å². The van der Waals surface area contributed by atoms with Gasteiger partial charge in [-0.15, -0.1) is 0 Å². The summed E-state index contributed by atoms with van der Waals surface area (Å²) in [5.41, 5.74) is 2.50. The summed E-state index contributed by atoms with van der Waals surface area (Å²) in [6, 6.07) is 7.73. The van der Waals surface area contributed by atoms with E-state index in [4.69, 9.17) is 10.00 Å². The van der Waals surface area contributed by atoms with Gasteiger partial charge < -0.3 is 25.2 Å². The molecule has 1 aromatic heterocycles. The maximum Gasteiger partial charge on any atom is 0.254 e. The Labute approximate surface area is 211 Å². The highest BCUT2D eigenvalue weighted by Crippen LogP contribution is 2.33. The number of hydrogen-bond acceptors (Lipinski definition) is 8. The summed E-state index contributed by atoms with van der Waals surface area (Å²) in [7, 11) is 5.34. The maximum atomic E-state index is 13.3. The summed E-state index contributed by atoms with van der Waals surface area (Å²) in [4.78, 5) is 37.9. The van der Waals surface area contributed by atoms with Crippen LogP contribution in [-0.2, 0) is 11.3 Å². The smallest absolute Gasteiger partial charge is 0.254 e. The van der Waals surface area contributed by atoms with Crippen molar-refractivity contribution in [3.63, 3.8) is 0 Å². The van der Waals surface area contributed by atoms with E-state index in [1.165, 1.54) is 19.4 Å². The molecule has 2 aromatic rings. The van der Waals surface area contributed by atoms with Crippen LogP contribution in [-0.4, -0.2) is 71.4 Å². The van der Waals surface area contributed by atoms with E-state index in [1.807, 2.05) is 42.1 Å². The first-order chi connectivity index (χ1) is 17.4. The third-order valence-corrected chi connectivity index (χ3v) is 6.44. The number of aromatic nitrogens is 2. The Kier molecular flexibility index (Phi) is 7.80. The SMILES string of the molecule is COc1nc(N[C@@H]2CCC[C@H](N3Cc4ccc(NC(=O)C=CCN(C)C)cc4C3=O)C2)ncc1C#N. The van der Waals surface area contributed by atoms with E-state index < -0.39 is 0 Å². The van der Waals surface area contributed by atoms with Crippen molar-refractivity contribution in [2.24, 2.45) is 0 Å². The molecule has 36 heavy (non-hydrogen) atoms. The highest BCUT2D eigenvalue weighted by atomic mass is 16.5. The van der Waals surface area contributed by atoms with Gasteiger partial charge in [0.05, 0.1) is 13.3 Å². The van der Waals surface area contributed by atoms with Gasteiger partial charge in [-0.1, -0.05) is 12.1 Å². The van der Waals surface area contributed by atoms with Crippen LogP contribution in [0.15, 0.2) is 36.5 Å². The van der Waals surface area contributed by atoms with Crippen molar-refractivity contribution in [2.45, 2.75) is 44.3 Å². The molecule has 4 rings (SSSR count). The zero-order chi connectivity index (χ0) is 25.7. The molecule has 0 unspecified atom stereocenters. The fourth-order valence-electron chi connectivity index (χ4n) is 4.68. The van der Waals surface area contributed by atoms with E-state index >= 15 is 0 Å². The second-order valence-electron chi connectivity index (χ2n) is 9.35. The number of methoxy groups -OCH3 is 1. The molecule has 1 aliphatic heterocycles. The third kappa shape index (κ3) is 5.80. The third-order valence-electron chi connectivity index (χ3n) is 6.44. The molecule has 0 radical (unpaired) electrons. The molecule has 1 aromatic carbocycles. The molecule has 0 saturated heterocycles. The number of carbonyl (C=O) groups excluding carboxylic acids is 2. The Morgan fingerprint density at radius 2 is 2.19 bits per heavy atom. The molecule has 0 bridgehead atoms. The van der Waals surface area contributed by atoms with Gasteiger partial charge in [-0.2, -0.15) is 10.2 Å². The number of anilines is 2. The van der Waals surface area contributed by atoms with Crippen LogP contribution in [0.1, 0.15) is 47.2 Å². The first kappa shape index (κ1) is 25.1. The van der Waals surface area contributed by atoms with Crippen LogP contribution in [0.3, 0.4) is 0 Å². The Balaban J connectivity index is 1.39. The zero-order valence-electron chi connectivity index (χ0n) is 20.8. The minimum absolute atomic E-state index is 0.00816. The lowest BCUT2D eigenvalue weighted by Gasteiger charge is -2.35. The Morgan fingerprint density at radius 3 is 2.94 bits per heavy atom. The van der Waals surface area contributed by atoms with Crippen molar-refractivity contribution in [3.8, 4) is 11.9 Å². The molecule has 188 valence electrons. The second kappa shape index (κ2) is 11.2. The van der Waals surface area contributed by atoms with E-state index in [0.717, 1.165) is 31.2 Å². The minimum Gasteiger partial charge on any atom is -0.480 e. The summed E-state index contributed by atoms with van der Waals surface area (Å²) in [5.74, 6) is 0.421. The number of nitriles is 1. The predicted molar refractivity (Wildman–Crippen MR) is 136 cm³/mol. The molecule has 2 heterocycles. The van der Waals surface area contributed by atoms with E-state index in [0.29, 0.717) is 30.3 Å². The first-order valence-corrected chi connectivity index (χ1v) is 12.0. The number of fused-ring (bicyclic) bond motifs is 1. The lowest BCUT2D eigenvalue weighted by atomic mass is 9.90. The van der Waals surface area contributed by atoms with E-state index in [9.17, 15) is 9.59 Å². The normalized spacial score (nSPS) is 19.3. The van der Waals surface area contributed by atoms with Crippen molar-refractivity contribution in [1.82, 2.24) is 19.8 Å². The number of nitrogens with one attached hydrogen (secondary N) is 2. The summed E-state index contributed by atoms with van der Waals surface area (Å²) in [5, 5.41) is 15.3. The number of rotatable bonds is 8. The quantitative estimate of drug-likeness (QED) is 0.543. The number of ether oxygens (including phenoxy) is 1. The molecule has 2 N–H and O–H groups in total. The summed E-state index contributed by atoms with van der Waals surface area (Å²) in [6.45, 7) is 1.23. The largest absolute Gasteiger partial charge is 0.480 e. The van der Waals surface area contributed by atoms with Gasteiger partial charge in [-0.3, -0.25) is 9.59 Å². The number of carbonyl (C=O) groups is 2. The highest BCUT2D eigenvalue weighted by molar-refractivity contribution is 6.02. The zero-order valence-corrected chi connectivity index (χ0v) is 20.8. The predicted octanol–water partition coefficient (Wildman–Crippen LogP) is 2.79. The van der Waals surface area contributed by atoms with Crippen LogP contribution in [0.2, 0.25) is 0 Å². The maximum absolute atomic E-state index is 13.3. The van der Waals surface area contributed by atoms with Crippen molar-refractivity contribution >= 4 is 23.5 Å². The Bertz CT molecular complexity index is 1200. The summed E-state index contributed by atoms with van der Waals surface area (Å²) < 4.78 is 5.18. The molecule has 2 amide bonds. The second-order valence-corrected chi connectivity index (χ2v) is 9.35. The number of nitrogens with zero attached hydrogens (tertiary/aromatic N) is 5. The molecular formula is C26H31N7O3. The number of benzene rings is 1. The lowest BCUT2D eigenvalue weighted by Crippen LogP contribution is -2.42. The molecule has 2 aliphatic rings. The summed E-state index contributed by atoms with van der Waals surface area (Å²) in [6.07, 6.45) is 8.35. The standard InChI is InChI=1S/C26H31N7O3/c1-32(2)11-5-8-23(34)29-20-10-9-17-16-33(25(35)22(17)13-20)21-7-4-6-19(12-21)30-26-28-15-18(14-27)24(31-26)36-3/h5,8-10,13,15,19,21H,4,6-7,11-12,16H2,1-3H3,(H,29,34)(H,28,30,31)/t19-,21+/m1/s1. The molecule has 1 aliphatic carbocycles. The van der Waals surface area contributed by atoms with Gasteiger partial charge >= 0.3 is 0 Å². The van der Waals surface area contributed by atoms with Crippen molar-refractivity contribution in [2.75, 3.05) is 38.4 Å². The lowest BCUT2D eigenvalue weighted by molar-refractivity contribution is -0.111. The molecule has 10 heteroatoms. The number of likely N-dealkylation sites (N-methyl/N-ethyl adjacent to an activating group) is 1. The summed E-state index contributed by atoms with van der Waals surface area (Å²) >= 11 is 0. The minimum atomic E-state index is -0.220.